The zero-order valence-corrected chi connectivity index (χ0v) is 13.5. The predicted octanol–water partition coefficient (Wildman–Crippen LogP) is 2.67. The Morgan fingerprint density at radius 1 is 0.750 bits per heavy atom. The van der Waals surface area contributed by atoms with Gasteiger partial charge >= 0.3 is 0 Å². The number of nitrogens with two attached hydrogens (primary N) is 2. The van der Waals surface area contributed by atoms with Crippen molar-refractivity contribution in [2.45, 2.75) is 37.3 Å². The first-order valence-corrected chi connectivity index (χ1v) is 8.31. The highest BCUT2D eigenvalue weighted by Crippen LogP contribution is 2.31. The van der Waals surface area contributed by atoms with Crippen molar-refractivity contribution in [1.29, 1.82) is 0 Å². The van der Waals surface area contributed by atoms with Crippen molar-refractivity contribution in [3.63, 3.8) is 0 Å². The monoisotopic (exact) mass is 322 g/mol. The van der Waals surface area contributed by atoms with E-state index in [-0.39, 0.29) is 12.1 Å². The van der Waals surface area contributed by atoms with Gasteiger partial charge in [0.1, 0.15) is 0 Å². The number of hydrogen-bond donors (Lipinski definition) is 2. The molecule has 3 rings (SSSR count). The molecule has 2 aromatic carbocycles. The largest absolute Gasteiger partial charge is 0.326 e. The van der Waals surface area contributed by atoms with Gasteiger partial charge in [0.25, 0.3) is 0 Å². The molecular weight excluding hydrogens is 300 g/mol. The van der Waals surface area contributed by atoms with Gasteiger partial charge in [0, 0.05) is 23.2 Å². The molecule has 1 saturated carbocycles. The Hall–Kier alpha value is -2.30. The van der Waals surface area contributed by atoms with Gasteiger partial charge in [-0.3, -0.25) is 9.59 Å². The minimum atomic E-state index is -0.478. The van der Waals surface area contributed by atoms with Crippen molar-refractivity contribution in [1.82, 2.24) is 0 Å². The number of carbonyl (C=O) groups is 2. The van der Waals surface area contributed by atoms with E-state index in [1.165, 1.54) is 0 Å². The van der Waals surface area contributed by atoms with E-state index < -0.39 is 11.6 Å². The molecule has 0 radical (unpaired) electrons. The van der Waals surface area contributed by atoms with E-state index in [1.54, 1.807) is 36.4 Å². The van der Waals surface area contributed by atoms with E-state index in [9.17, 15) is 9.59 Å². The summed E-state index contributed by atoms with van der Waals surface area (Å²) in [4.78, 5) is 24.6. The first kappa shape index (κ1) is 16.6. The van der Waals surface area contributed by atoms with Crippen LogP contribution in [0.1, 0.15) is 51.5 Å². The molecule has 1 aliphatic carbocycles. The molecule has 3 atom stereocenters. The number of Topliss-reactive ketones (excluding diaryl/α,β-unsaturated/α-hetero) is 2. The lowest BCUT2D eigenvalue weighted by molar-refractivity contribution is 0.0817. The SMILES string of the molecule is NC1CCC(c2ccc(C(=O)C(=O)c3ccccc3)cc2)CC1N. The van der Waals surface area contributed by atoms with Crippen LogP contribution < -0.4 is 11.5 Å². The lowest BCUT2D eigenvalue weighted by atomic mass is 9.79. The number of carbonyl (C=O) groups excluding carboxylic acids is 2. The number of ketones is 2. The molecule has 4 N–H and O–H groups in total. The smallest absolute Gasteiger partial charge is 0.233 e. The summed E-state index contributed by atoms with van der Waals surface area (Å²) in [6, 6.07) is 16.0. The van der Waals surface area contributed by atoms with Crippen molar-refractivity contribution in [2.24, 2.45) is 11.5 Å². The van der Waals surface area contributed by atoms with Crippen LogP contribution >= 0.6 is 0 Å². The molecule has 1 aliphatic rings. The lowest BCUT2D eigenvalue weighted by Crippen LogP contribution is -2.45. The van der Waals surface area contributed by atoms with Gasteiger partial charge in [-0.1, -0.05) is 54.6 Å². The van der Waals surface area contributed by atoms with Gasteiger partial charge in [-0.15, -0.1) is 0 Å². The van der Waals surface area contributed by atoms with Crippen LogP contribution in [0.25, 0.3) is 0 Å². The van der Waals surface area contributed by atoms with Crippen LogP contribution in [0.5, 0.6) is 0 Å². The zero-order chi connectivity index (χ0) is 17.1. The Bertz CT molecular complexity index is 725. The third-order valence-corrected chi connectivity index (χ3v) is 4.84. The summed E-state index contributed by atoms with van der Waals surface area (Å²) in [5.41, 5.74) is 14.0. The van der Waals surface area contributed by atoms with Crippen LogP contribution in [0.2, 0.25) is 0 Å². The molecule has 0 heterocycles. The molecule has 0 spiro atoms. The summed E-state index contributed by atoms with van der Waals surface area (Å²) < 4.78 is 0. The Labute approximate surface area is 141 Å². The third kappa shape index (κ3) is 3.45. The Morgan fingerprint density at radius 2 is 1.33 bits per heavy atom. The zero-order valence-electron chi connectivity index (χ0n) is 13.5. The van der Waals surface area contributed by atoms with E-state index in [1.807, 2.05) is 18.2 Å². The molecule has 4 nitrogen and oxygen atoms in total. The molecule has 0 amide bonds. The summed E-state index contributed by atoms with van der Waals surface area (Å²) in [7, 11) is 0. The van der Waals surface area contributed by atoms with Gasteiger partial charge in [-0.05, 0) is 30.7 Å². The summed E-state index contributed by atoms with van der Waals surface area (Å²) in [6.07, 6.45) is 2.78. The number of rotatable bonds is 4. The highest BCUT2D eigenvalue weighted by Gasteiger charge is 2.26. The highest BCUT2D eigenvalue weighted by molar-refractivity contribution is 6.49. The average Bonchev–Trinajstić information content (AvgIpc) is 2.63. The first-order chi connectivity index (χ1) is 11.6. The topological polar surface area (TPSA) is 86.2 Å². The maximum Gasteiger partial charge on any atom is 0.233 e. The van der Waals surface area contributed by atoms with E-state index in [4.69, 9.17) is 11.5 Å². The standard InChI is InChI=1S/C20H22N2O2/c21-17-11-10-16(12-18(17)22)13-6-8-15(9-7-13)20(24)19(23)14-4-2-1-3-5-14/h1-9,16-18H,10-12,21-22H2. The van der Waals surface area contributed by atoms with Crippen molar-refractivity contribution in [3.05, 3.63) is 71.3 Å². The summed E-state index contributed by atoms with van der Waals surface area (Å²) in [6.45, 7) is 0. The molecule has 0 aromatic heterocycles. The summed E-state index contributed by atoms with van der Waals surface area (Å²) in [5, 5.41) is 0. The van der Waals surface area contributed by atoms with Crippen molar-refractivity contribution in [3.8, 4) is 0 Å². The number of hydrogen-bond acceptors (Lipinski definition) is 4. The molecular formula is C20H22N2O2. The summed E-state index contributed by atoms with van der Waals surface area (Å²) >= 11 is 0. The van der Waals surface area contributed by atoms with Gasteiger partial charge in [0.2, 0.25) is 11.6 Å². The van der Waals surface area contributed by atoms with Crippen LogP contribution in [0.3, 0.4) is 0 Å². The fourth-order valence-electron chi connectivity index (χ4n) is 3.29. The maximum atomic E-state index is 12.3. The van der Waals surface area contributed by atoms with Gasteiger partial charge in [0.15, 0.2) is 0 Å². The fourth-order valence-corrected chi connectivity index (χ4v) is 3.29. The van der Waals surface area contributed by atoms with Crippen LogP contribution in [-0.4, -0.2) is 23.7 Å². The Morgan fingerprint density at radius 3 is 1.92 bits per heavy atom. The second kappa shape index (κ2) is 7.07. The molecule has 3 unspecified atom stereocenters. The molecule has 4 heteroatoms. The van der Waals surface area contributed by atoms with Gasteiger partial charge < -0.3 is 11.5 Å². The van der Waals surface area contributed by atoms with E-state index >= 15 is 0 Å². The lowest BCUT2D eigenvalue weighted by Gasteiger charge is -2.32. The molecule has 0 bridgehead atoms. The third-order valence-electron chi connectivity index (χ3n) is 4.84. The molecule has 0 saturated heterocycles. The fraction of sp³-hybridized carbons (Fsp3) is 0.300. The predicted molar refractivity (Wildman–Crippen MR) is 94.1 cm³/mol. The Balaban J connectivity index is 1.72. The van der Waals surface area contributed by atoms with Crippen LogP contribution in [0.15, 0.2) is 54.6 Å². The van der Waals surface area contributed by atoms with Crippen molar-refractivity contribution >= 4 is 11.6 Å². The second-order valence-electron chi connectivity index (χ2n) is 6.48. The van der Waals surface area contributed by atoms with Crippen LogP contribution in [0, 0.1) is 0 Å². The van der Waals surface area contributed by atoms with E-state index in [0.717, 1.165) is 24.8 Å². The Kier molecular flexibility index (Phi) is 4.88. The van der Waals surface area contributed by atoms with Crippen LogP contribution in [0.4, 0.5) is 0 Å². The van der Waals surface area contributed by atoms with E-state index in [0.29, 0.717) is 17.0 Å². The number of benzene rings is 2. The molecule has 2 aromatic rings. The minimum Gasteiger partial charge on any atom is -0.326 e. The average molecular weight is 322 g/mol. The quantitative estimate of drug-likeness (QED) is 0.669. The normalized spacial score (nSPS) is 23.7. The molecule has 124 valence electrons. The van der Waals surface area contributed by atoms with Crippen molar-refractivity contribution in [2.75, 3.05) is 0 Å². The molecule has 24 heavy (non-hydrogen) atoms. The second-order valence-corrected chi connectivity index (χ2v) is 6.48. The van der Waals surface area contributed by atoms with Crippen LogP contribution in [-0.2, 0) is 0 Å². The summed E-state index contributed by atoms with van der Waals surface area (Å²) in [5.74, 6) is -0.585. The minimum absolute atomic E-state index is 0.0183. The van der Waals surface area contributed by atoms with Gasteiger partial charge in [-0.25, -0.2) is 0 Å². The van der Waals surface area contributed by atoms with Gasteiger partial charge in [0.05, 0.1) is 0 Å². The maximum absolute atomic E-state index is 12.3. The molecule has 1 fully saturated rings. The first-order valence-electron chi connectivity index (χ1n) is 8.31. The highest BCUT2D eigenvalue weighted by atomic mass is 16.2. The van der Waals surface area contributed by atoms with Crippen molar-refractivity contribution < 1.29 is 9.59 Å². The van der Waals surface area contributed by atoms with E-state index in [2.05, 4.69) is 0 Å². The van der Waals surface area contributed by atoms with Gasteiger partial charge in [-0.2, -0.15) is 0 Å². The molecule has 0 aliphatic heterocycles.